The van der Waals surface area contributed by atoms with E-state index in [-0.39, 0.29) is 5.92 Å². The number of hydrogen-bond acceptors (Lipinski definition) is 1. The van der Waals surface area contributed by atoms with Gasteiger partial charge in [0.15, 0.2) is 0 Å². The monoisotopic (exact) mass is 215 g/mol. The van der Waals surface area contributed by atoms with Gasteiger partial charge in [-0.15, -0.1) is 0 Å². The minimum absolute atomic E-state index is 0.180. The lowest BCUT2D eigenvalue weighted by Crippen LogP contribution is -2.12. The van der Waals surface area contributed by atoms with E-state index >= 15 is 0 Å². The van der Waals surface area contributed by atoms with Crippen molar-refractivity contribution >= 4 is 0 Å². The molecule has 0 spiro atoms. The second kappa shape index (κ2) is 7.39. The Kier molecular flexibility index (Phi) is 6.94. The van der Waals surface area contributed by atoms with Crippen LogP contribution in [0.3, 0.4) is 0 Å². The molecule has 2 unspecified atom stereocenters. The van der Waals surface area contributed by atoms with Crippen LogP contribution in [0.25, 0.3) is 0 Å². The molecule has 0 aliphatic rings. The van der Waals surface area contributed by atoms with Crippen LogP contribution in [-0.2, 0) is 0 Å². The van der Waals surface area contributed by atoms with E-state index in [9.17, 15) is 8.78 Å². The van der Waals surface area contributed by atoms with Crippen molar-refractivity contribution in [2.45, 2.75) is 46.5 Å². The molecule has 0 aliphatic carbocycles. The van der Waals surface area contributed by atoms with Gasteiger partial charge in [-0.2, -0.15) is 5.26 Å². The Balaban J connectivity index is 3.87. The molecule has 0 bridgehead atoms. The Morgan fingerprint density at radius 1 is 1.40 bits per heavy atom. The summed E-state index contributed by atoms with van der Waals surface area (Å²) in [5.41, 5.74) is 1.24. The molecule has 0 rings (SSSR count). The molecule has 3 heteroatoms. The van der Waals surface area contributed by atoms with Gasteiger partial charge in [0.2, 0.25) is 0 Å². The zero-order valence-electron chi connectivity index (χ0n) is 9.63. The zero-order chi connectivity index (χ0) is 11.8. The highest BCUT2D eigenvalue weighted by molar-refractivity contribution is 4.93. The highest BCUT2D eigenvalue weighted by atomic mass is 19.3. The molecule has 0 aromatic carbocycles. The Morgan fingerprint density at radius 3 is 2.40 bits per heavy atom. The summed E-state index contributed by atoms with van der Waals surface area (Å²) < 4.78 is 24.6. The third-order valence-corrected chi connectivity index (χ3v) is 2.34. The van der Waals surface area contributed by atoms with Crippen molar-refractivity contribution in [1.29, 1.82) is 5.26 Å². The summed E-state index contributed by atoms with van der Waals surface area (Å²) in [5, 5.41) is 8.52. The Morgan fingerprint density at radius 2 is 2.00 bits per heavy atom. The van der Waals surface area contributed by atoms with Gasteiger partial charge in [0.1, 0.15) is 5.92 Å². The van der Waals surface area contributed by atoms with Gasteiger partial charge < -0.3 is 0 Å². The highest BCUT2D eigenvalue weighted by Crippen LogP contribution is 2.22. The molecule has 0 amide bonds. The van der Waals surface area contributed by atoms with E-state index in [4.69, 9.17) is 5.26 Å². The first kappa shape index (κ1) is 14.1. The van der Waals surface area contributed by atoms with Crippen molar-refractivity contribution in [3.05, 3.63) is 11.6 Å². The van der Waals surface area contributed by atoms with Gasteiger partial charge in [0.05, 0.1) is 6.07 Å². The van der Waals surface area contributed by atoms with Gasteiger partial charge in [-0.1, -0.05) is 18.6 Å². The second-order valence-corrected chi connectivity index (χ2v) is 4.27. The Bertz CT molecular complexity index is 236. The molecule has 86 valence electrons. The van der Waals surface area contributed by atoms with Gasteiger partial charge in [0.25, 0.3) is 6.43 Å². The maximum atomic E-state index is 12.3. The number of hydrogen-bond donors (Lipinski definition) is 0. The van der Waals surface area contributed by atoms with Crippen LogP contribution in [0.4, 0.5) is 8.78 Å². The van der Waals surface area contributed by atoms with Crippen LogP contribution >= 0.6 is 0 Å². The van der Waals surface area contributed by atoms with E-state index in [2.05, 4.69) is 6.08 Å². The second-order valence-electron chi connectivity index (χ2n) is 4.27. The van der Waals surface area contributed by atoms with Crippen LogP contribution in [0.1, 0.15) is 40.0 Å². The van der Waals surface area contributed by atoms with Crippen LogP contribution in [0, 0.1) is 23.2 Å². The maximum Gasteiger partial charge on any atom is 0.254 e. The van der Waals surface area contributed by atoms with Crippen molar-refractivity contribution in [2.75, 3.05) is 0 Å². The molecule has 0 saturated heterocycles. The van der Waals surface area contributed by atoms with Crippen LogP contribution < -0.4 is 0 Å². The highest BCUT2D eigenvalue weighted by Gasteiger charge is 2.21. The standard InChI is InChI=1S/C12H19F2N/c1-9(2)5-4-6-10(3)7-11(8-15)12(13)14/h5,10-12H,4,6-7H2,1-3H3. The fraction of sp³-hybridized carbons (Fsp3) is 0.750. The molecule has 0 fully saturated rings. The van der Waals surface area contributed by atoms with Crippen molar-refractivity contribution in [3.8, 4) is 6.07 Å². The first-order valence-corrected chi connectivity index (χ1v) is 5.28. The minimum atomic E-state index is -2.51. The largest absolute Gasteiger partial charge is 0.254 e. The van der Waals surface area contributed by atoms with E-state index in [0.29, 0.717) is 6.42 Å². The van der Waals surface area contributed by atoms with Crippen LogP contribution in [0.2, 0.25) is 0 Å². The lowest BCUT2D eigenvalue weighted by molar-refractivity contribution is 0.0911. The lowest BCUT2D eigenvalue weighted by Gasteiger charge is -2.13. The summed E-state index contributed by atoms with van der Waals surface area (Å²) in [6.45, 7) is 5.95. The summed E-state index contributed by atoms with van der Waals surface area (Å²) in [5.74, 6) is -0.925. The van der Waals surface area contributed by atoms with Crippen molar-refractivity contribution in [3.63, 3.8) is 0 Å². The smallest absolute Gasteiger partial charge is 0.209 e. The quantitative estimate of drug-likeness (QED) is 0.610. The number of rotatable bonds is 6. The summed E-state index contributed by atoms with van der Waals surface area (Å²) in [7, 11) is 0. The SMILES string of the molecule is CC(C)=CCCC(C)CC(C#N)C(F)F. The van der Waals surface area contributed by atoms with Crippen LogP contribution in [-0.4, -0.2) is 6.43 Å². The van der Waals surface area contributed by atoms with Gasteiger partial charge in [0, 0.05) is 0 Å². The number of alkyl halides is 2. The minimum Gasteiger partial charge on any atom is -0.209 e. The third-order valence-electron chi connectivity index (χ3n) is 2.34. The lowest BCUT2D eigenvalue weighted by atomic mass is 9.93. The average molecular weight is 215 g/mol. The molecule has 0 aliphatic heterocycles. The fourth-order valence-corrected chi connectivity index (χ4v) is 1.42. The van der Waals surface area contributed by atoms with Gasteiger partial charge in [-0.25, -0.2) is 8.78 Å². The van der Waals surface area contributed by atoms with E-state index in [0.717, 1.165) is 12.8 Å². The third kappa shape index (κ3) is 7.07. The van der Waals surface area contributed by atoms with Gasteiger partial charge in [-0.3, -0.25) is 0 Å². The maximum absolute atomic E-state index is 12.3. The van der Waals surface area contributed by atoms with E-state index in [1.54, 1.807) is 6.07 Å². The predicted octanol–water partition coefficient (Wildman–Crippen LogP) is 4.16. The van der Waals surface area contributed by atoms with Gasteiger partial charge >= 0.3 is 0 Å². The van der Waals surface area contributed by atoms with Gasteiger partial charge in [-0.05, 0) is 39.0 Å². The number of nitrogens with zero attached hydrogens (tertiary/aromatic N) is 1. The summed E-state index contributed by atoms with van der Waals surface area (Å²) >= 11 is 0. The fourth-order valence-electron chi connectivity index (χ4n) is 1.42. The number of nitriles is 1. The van der Waals surface area contributed by atoms with Crippen molar-refractivity contribution < 1.29 is 8.78 Å². The molecule has 0 saturated carbocycles. The Labute approximate surface area is 90.8 Å². The van der Waals surface area contributed by atoms with Crippen LogP contribution in [0.5, 0.6) is 0 Å². The number of halogens is 2. The molecule has 0 N–H and O–H groups in total. The topological polar surface area (TPSA) is 23.8 Å². The predicted molar refractivity (Wildman–Crippen MR) is 57.6 cm³/mol. The summed E-state index contributed by atoms with van der Waals surface area (Å²) in [4.78, 5) is 0. The van der Waals surface area contributed by atoms with E-state index < -0.39 is 12.3 Å². The molecule has 0 aromatic rings. The molecule has 0 heterocycles. The summed E-state index contributed by atoms with van der Waals surface area (Å²) in [6.07, 6.45) is 1.66. The molecular weight excluding hydrogens is 196 g/mol. The van der Waals surface area contributed by atoms with E-state index in [1.165, 1.54) is 5.57 Å². The first-order chi connectivity index (χ1) is 6.97. The molecule has 1 nitrogen and oxygen atoms in total. The van der Waals surface area contributed by atoms with Crippen molar-refractivity contribution in [1.82, 2.24) is 0 Å². The average Bonchev–Trinajstić information content (AvgIpc) is 2.13. The Hall–Kier alpha value is -0.910. The summed E-state index contributed by atoms with van der Waals surface area (Å²) in [6, 6.07) is 1.67. The first-order valence-electron chi connectivity index (χ1n) is 5.28. The number of allylic oxidation sites excluding steroid dienone is 2. The zero-order valence-corrected chi connectivity index (χ0v) is 9.63. The molecule has 0 aromatic heterocycles. The normalized spacial score (nSPS) is 14.5. The molecule has 2 atom stereocenters. The molecule has 0 radical (unpaired) electrons. The molecular formula is C12H19F2N. The van der Waals surface area contributed by atoms with E-state index in [1.807, 2.05) is 20.8 Å². The van der Waals surface area contributed by atoms with Crippen LogP contribution in [0.15, 0.2) is 11.6 Å². The van der Waals surface area contributed by atoms with Crippen molar-refractivity contribution in [2.24, 2.45) is 11.8 Å². The molecule has 15 heavy (non-hydrogen) atoms.